The molecule has 0 spiro atoms. The lowest BCUT2D eigenvalue weighted by Gasteiger charge is -2.39. The maximum Gasteiger partial charge on any atom is 0.249 e. The molecule has 21 heavy (non-hydrogen) atoms. The fourth-order valence-corrected chi connectivity index (χ4v) is 2.48. The second-order valence-corrected chi connectivity index (χ2v) is 4.98. The van der Waals surface area contributed by atoms with Gasteiger partial charge in [-0.15, -0.1) is 0 Å². The molecule has 2 amide bonds. The number of likely N-dealkylation sites (N-methyl/N-ethyl adjacent to an activating group) is 1. The van der Waals surface area contributed by atoms with Crippen molar-refractivity contribution in [1.82, 2.24) is 10.2 Å². The van der Waals surface area contributed by atoms with E-state index in [1.807, 2.05) is 24.3 Å². The van der Waals surface area contributed by atoms with Crippen LogP contribution in [0.4, 0.5) is 5.69 Å². The minimum atomic E-state index is -0.443. The summed E-state index contributed by atoms with van der Waals surface area (Å²) in [7, 11) is 3.33. The van der Waals surface area contributed by atoms with Crippen molar-refractivity contribution in [3.63, 3.8) is 0 Å². The monoisotopic (exact) mass is 291 g/mol. The van der Waals surface area contributed by atoms with Crippen LogP contribution >= 0.6 is 0 Å². The third-order valence-electron chi connectivity index (χ3n) is 3.69. The molecule has 1 aliphatic heterocycles. The summed E-state index contributed by atoms with van der Waals surface area (Å²) in [5.74, 6) is 0.644. The van der Waals surface area contributed by atoms with Crippen LogP contribution in [0, 0.1) is 0 Å². The van der Waals surface area contributed by atoms with Gasteiger partial charge in [0.15, 0.2) is 0 Å². The van der Waals surface area contributed by atoms with Crippen LogP contribution in [0.3, 0.4) is 0 Å². The fourth-order valence-electron chi connectivity index (χ4n) is 2.48. The molecular weight excluding hydrogens is 270 g/mol. The highest BCUT2D eigenvalue weighted by atomic mass is 16.5. The molecule has 1 heterocycles. The molecule has 6 heteroatoms. The Morgan fingerprint density at radius 3 is 2.57 bits per heavy atom. The van der Waals surface area contributed by atoms with Crippen molar-refractivity contribution in [1.29, 1.82) is 0 Å². The number of carbonyl (C=O) groups excluding carboxylic acids is 2. The minimum absolute atomic E-state index is 0.0484. The van der Waals surface area contributed by atoms with E-state index in [2.05, 4.69) is 5.32 Å². The van der Waals surface area contributed by atoms with Crippen LogP contribution in [-0.4, -0.2) is 56.5 Å². The second-order valence-electron chi connectivity index (χ2n) is 4.98. The molecule has 1 aromatic rings. The molecular formula is C15H21N3O3. The molecule has 1 fully saturated rings. The first-order chi connectivity index (χ1) is 10.1. The normalized spacial score (nSPS) is 18.8. The van der Waals surface area contributed by atoms with Gasteiger partial charge in [0, 0.05) is 18.8 Å². The molecule has 6 nitrogen and oxygen atoms in total. The highest BCUT2D eigenvalue weighted by Crippen LogP contribution is 2.23. The Bertz CT molecular complexity index is 515. The first kappa shape index (κ1) is 15.3. The number of benzene rings is 1. The maximum absolute atomic E-state index is 12.5. The van der Waals surface area contributed by atoms with Gasteiger partial charge in [-0.2, -0.15) is 0 Å². The van der Waals surface area contributed by atoms with Crippen LogP contribution in [0.1, 0.15) is 6.92 Å². The Morgan fingerprint density at radius 2 is 2.00 bits per heavy atom. The van der Waals surface area contributed by atoms with Gasteiger partial charge in [-0.05, 0) is 38.2 Å². The Kier molecular flexibility index (Phi) is 4.80. The molecule has 0 aromatic heterocycles. The molecule has 114 valence electrons. The van der Waals surface area contributed by atoms with Crippen LogP contribution in [0.25, 0.3) is 0 Å². The molecule has 0 bridgehead atoms. The lowest BCUT2D eigenvalue weighted by Crippen LogP contribution is -2.59. The number of nitrogens with one attached hydrogen (secondary N) is 1. The molecule has 0 radical (unpaired) electrons. The van der Waals surface area contributed by atoms with E-state index in [9.17, 15) is 9.59 Å². The molecule has 1 N–H and O–H groups in total. The molecule has 1 unspecified atom stereocenters. The van der Waals surface area contributed by atoms with Crippen molar-refractivity contribution in [2.45, 2.75) is 13.0 Å². The SMILES string of the molecule is CNCC(=O)N1CCN(c2ccc(OC)cc2)C(=O)C1C. The average Bonchev–Trinajstić information content (AvgIpc) is 2.50. The summed E-state index contributed by atoms with van der Waals surface area (Å²) >= 11 is 0. The number of hydrogen-bond acceptors (Lipinski definition) is 4. The van der Waals surface area contributed by atoms with Gasteiger partial charge < -0.3 is 19.9 Å². The Morgan fingerprint density at radius 1 is 1.33 bits per heavy atom. The van der Waals surface area contributed by atoms with Crippen LogP contribution in [0.5, 0.6) is 5.75 Å². The fraction of sp³-hybridized carbons (Fsp3) is 0.467. The van der Waals surface area contributed by atoms with Gasteiger partial charge >= 0.3 is 0 Å². The van der Waals surface area contributed by atoms with Gasteiger partial charge in [-0.3, -0.25) is 9.59 Å². The molecule has 0 aliphatic carbocycles. The molecule has 0 saturated carbocycles. The zero-order chi connectivity index (χ0) is 15.4. The lowest BCUT2D eigenvalue weighted by atomic mass is 10.1. The quantitative estimate of drug-likeness (QED) is 0.876. The van der Waals surface area contributed by atoms with Gasteiger partial charge in [0.05, 0.1) is 13.7 Å². The Hall–Kier alpha value is -2.08. The van der Waals surface area contributed by atoms with Gasteiger partial charge in [0.2, 0.25) is 11.8 Å². The van der Waals surface area contributed by atoms with Crippen molar-refractivity contribution in [2.75, 3.05) is 38.7 Å². The van der Waals surface area contributed by atoms with E-state index in [0.717, 1.165) is 11.4 Å². The molecule has 2 rings (SSSR count). The first-order valence-electron chi connectivity index (χ1n) is 6.98. The largest absolute Gasteiger partial charge is 0.497 e. The van der Waals surface area contributed by atoms with Crippen molar-refractivity contribution >= 4 is 17.5 Å². The predicted molar refractivity (Wildman–Crippen MR) is 80.4 cm³/mol. The molecule has 1 atom stereocenters. The van der Waals surface area contributed by atoms with Crippen LogP contribution in [-0.2, 0) is 9.59 Å². The van der Waals surface area contributed by atoms with Crippen molar-refractivity contribution in [2.24, 2.45) is 0 Å². The first-order valence-corrected chi connectivity index (χ1v) is 6.98. The summed E-state index contributed by atoms with van der Waals surface area (Å²) in [6.07, 6.45) is 0. The summed E-state index contributed by atoms with van der Waals surface area (Å²) in [6.45, 7) is 3.07. The van der Waals surface area contributed by atoms with Crippen molar-refractivity contribution in [3.8, 4) is 5.75 Å². The highest BCUT2D eigenvalue weighted by molar-refractivity contribution is 6.00. The van der Waals surface area contributed by atoms with Gasteiger partial charge in [0.25, 0.3) is 0 Å². The molecule has 1 aromatic carbocycles. The second kappa shape index (κ2) is 6.58. The molecule has 1 saturated heterocycles. The van der Waals surface area contributed by atoms with Crippen molar-refractivity contribution in [3.05, 3.63) is 24.3 Å². The van der Waals surface area contributed by atoms with E-state index in [0.29, 0.717) is 13.1 Å². The third-order valence-corrected chi connectivity index (χ3v) is 3.69. The topological polar surface area (TPSA) is 61.9 Å². The van der Waals surface area contributed by atoms with Crippen LogP contribution in [0.2, 0.25) is 0 Å². The van der Waals surface area contributed by atoms with E-state index in [4.69, 9.17) is 4.74 Å². The number of anilines is 1. The predicted octanol–water partition coefficient (Wildman–Crippen LogP) is 0.478. The Balaban J connectivity index is 2.11. The van der Waals surface area contributed by atoms with E-state index in [1.165, 1.54) is 0 Å². The highest BCUT2D eigenvalue weighted by Gasteiger charge is 2.34. The number of ether oxygens (including phenoxy) is 1. The number of nitrogens with zero attached hydrogens (tertiary/aromatic N) is 2. The molecule has 1 aliphatic rings. The van der Waals surface area contributed by atoms with E-state index >= 15 is 0 Å². The Labute approximate surface area is 124 Å². The zero-order valence-electron chi connectivity index (χ0n) is 12.6. The number of piperazine rings is 1. The number of amides is 2. The number of carbonyl (C=O) groups is 2. The maximum atomic E-state index is 12.5. The smallest absolute Gasteiger partial charge is 0.249 e. The number of rotatable bonds is 4. The lowest BCUT2D eigenvalue weighted by molar-refractivity contribution is -0.140. The number of methoxy groups -OCH3 is 1. The third kappa shape index (κ3) is 3.16. The zero-order valence-corrected chi connectivity index (χ0v) is 12.6. The van der Waals surface area contributed by atoms with Crippen LogP contribution in [0.15, 0.2) is 24.3 Å². The van der Waals surface area contributed by atoms with E-state index < -0.39 is 6.04 Å². The van der Waals surface area contributed by atoms with Gasteiger partial charge in [-0.1, -0.05) is 0 Å². The average molecular weight is 291 g/mol. The summed E-state index contributed by atoms with van der Waals surface area (Å²) < 4.78 is 5.12. The summed E-state index contributed by atoms with van der Waals surface area (Å²) in [6, 6.07) is 6.92. The standard InChI is InChI=1S/C15H21N3O3/c1-11-15(20)18(9-8-17(11)14(19)10-16-2)12-4-6-13(21-3)7-5-12/h4-7,11,16H,8-10H2,1-3H3. The number of hydrogen-bond donors (Lipinski definition) is 1. The van der Waals surface area contributed by atoms with Crippen molar-refractivity contribution < 1.29 is 14.3 Å². The van der Waals surface area contributed by atoms with Gasteiger partial charge in [-0.25, -0.2) is 0 Å². The summed E-state index contributed by atoms with van der Waals surface area (Å²) in [5.41, 5.74) is 0.827. The summed E-state index contributed by atoms with van der Waals surface area (Å²) in [5, 5.41) is 2.83. The van der Waals surface area contributed by atoms with E-state index in [1.54, 1.807) is 30.9 Å². The van der Waals surface area contributed by atoms with E-state index in [-0.39, 0.29) is 18.4 Å². The van der Waals surface area contributed by atoms with Crippen LogP contribution < -0.4 is 15.0 Å². The van der Waals surface area contributed by atoms with Gasteiger partial charge in [0.1, 0.15) is 11.8 Å². The minimum Gasteiger partial charge on any atom is -0.497 e. The summed E-state index contributed by atoms with van der Waals surface area (Å²) in [4.78, 5) is 27.8.